The van der Waals surface area contributed by atoms with Crippen molar-refractivity contribution in [3.63, 3.8) is 0 Å². The highest BCUT2D eigenvalue weighted by Gasteiger charge is 2.09. The number of allylic oxidation sites excluding steroid dienone is 2. The van der Waals surface area contributed by atoms with Crippen molar-refractivity contribution in [2.75, 3.05) is 0 Å². The van der Waals surface area contributed by atoms with Gasteiger partial charge in [-0.1, -0.05) is 25.1 Å². The largest absolute Gasteiger partial charge is 0.324 e. The zero-order valence-electron chi connectivity index (χ0n) is 9.56. The van der Waals surface area contributed by atoms with E-state index in [1.807, 2.05) is 25.3 Å². The predicted molar refractivity (Wildman–Crippen MR) is 64.4 cm³/mol. The quantitative estimate of drug-likeness (QED) is 0.749. The zero-order valence-corrected chi connectivity index (χ0v) is 9.56. The van der Waals surface area contributed by atoms with E-state index < -0.39 is 0 Å². The third-order valence-corrected chi connectivity index (χ3v) is 2.54. The molecule has 0 saturated heterocycles. The van der Waals surface area contributed by atoms with Crippen molar-refractivity contribution in [1.29, 1.82) is 0 Å². The van der Waals surface area contributed by atoms with Crippen LogP contribution in [0.4, 0.5) is 0 Å². The van der Waals surface area contributed by atoms with Gasteiger partial charge in [0.2, 0.25) is 0 Å². The van der Waals surface area contributed by atoms with Crippen LogP contribution >= 0.6 is 0 Å². The van der Waals surface area contributed by atoms with E-state index in [0.717, 1.165) is 18.4 Å². The molecular formula is C13H20N2. The molecule has 0 aliphatic rings. The molecule has 1 aromatic rings. The Balaban J connectivity index is 2.45. The Bertz CT molecular complexity index is 293. The van der Waals surface area contributed by atoms with Gasteiger partial charge in [-0.2, -0.15) is 0 Å². The number of nitrogens with two attached hydrogens (primary N) is 1. The fraction of sp³-hybridized carbons (Fsp3) is 0.462. The number of nitrogens with zero attached hydrogens (tertiary/aromatic N) is 1. The van der Waals surface area contributed by atoms with Gasteiger partial charge in [0, 0.05) is 18.4 Å². The van der Waals surface area contributed by atoms with Crippen molar-refractivity contribution in [1.82, 2.24) is 4.98 Å². The third kappa shape index (κ3) is 4.26. The molecule has 1 aromatic heterocycles. The minimum atomic E-state index is 0.110. The minimum absolute atomic E-state index is 0.110. The van der Waals surface area contributed by atoms with E-state index in [0.29, 0.717) is 5.92 Å². The van der Waals surface area contributed by atoms with Gasteiger partial charge >= 0.3 is 0 Å². The maximum atomic E-state index is 6.10. The van der Waals surface area contributed by atoms with Crippen LogP contribution < -0.4 is 5.73 Å². The Morgan fingerprint density at radius 2 is 2.33 bits per heavy atom. The molecule has 2 unspecified atom stereocenters. The van der Waals surface area contributed by atoms with Gasteiger partial charge in [0.25, 0.3) is 0 Å². The van der Waals surface area contributed by atoms with Crippen LogP contribution in [0, 0.1) is 5.92 Å². The normalized spacial score (nSPS) is 15.4. The summed E-state index contributed by atoms with van der Waals surface area (Å²) in [4.78, 5) is 4.08. The first-order valence-corrected chi connectivity index (χ1v) is 5.50. The third-order valence-electron chi connectivity index (χ3n) is 2.54. The van der Waals surface area contributed by atoms with E-state index >= 15 is 0 Å². The Morgan fingerprint density at radius 1 is 1.53 bits per heavy atom. The smallest absolute Gasteiger partial charge is 0.0315 e. The second kappa shape index (κ2) is 6.36. The average molecular weight is 204 g/mol. The maximum absolute atomic E-state index is 6.10. The van der Waals surface area contributed by atoms with Crippen molar-refractivity contribution < 1.29 is 0 Å². The van der Waals surface area contributed by atoms with Crippen molar-refractivity contribution in [3.8, 4) is 0 Å². The van der Waals surface area contributed by atoms with Crippen molar-refractivity contribution in [3.05, 3.63) is 42.2 Å². The molecule has 2 heteroatoms. The molecule has 0 spiro atoms. The summed E-state index contributed by atoms with van der Waals surface area (Å²) < 4.78 is 0. The Morgan fingerprint density at radius 3 is 2.93 bits per heavy atom. The van der Waals surface area contributed by atoms with E-state index in [1.165, 1.54) is 0 Å². The molecule has 82 valence electrons. The lowest BCUT2D eigenvalue weighted by Crippen LogP contribution is -2.14. The van der Waals surface area contributed by atoms with Gasteiger partial charge in [0.05, 0.1) is 0 Å². The summed E-state index contributed by atoms with van der Waals surface area (Å²) in [7, 11) is 0. The molecule has 2 N–H and O–H groups in total. The molecule has 2 atom stereocenters. The van der Waals surface area contributed by atoms with Crippen LogP contribution in [0.3, 0.4) is 0 Å². The highest BCUT2D eigenvalue weighted by molar-refractivity contribution is 5.13. The van der Waals surface area contributed by atoms with E-state index in [1.54, 1.807) is 6.20 Å². The molecule has 15 heavy (non-hydrogen) atoms. The van der Waals surface area contributed by atoms with E-state index in [2.05, 4.69) is 24.1 Å². The van der Waals surface area contributed by atoms with Gasteiger partial charge in [-0.25, -0.2) is 0 Å². The molecule has 0 bridgehead atoms. The SMILES string of the molecule is C/C=C\CC(C)CC(N)c1cccnc1. The molecule has 0 aromatic carbocycles. The van der Waals surface area contributed by atoms with Gasteiger partial charge < -0.3 is 5.73 Å². The van der Waals surface area contributed by atoms with Crippen LogP contribution in [0.15, 0.2) is 36.7 Å². The van der Waals surface area contributed by atoms with E-state index in [4.69, 9.17) is 5.73 Å². The lowest BCUT2D eigenvalue weighted by molar-refractivity contribution is 0.477. The van der Waals surface area contributed by atoms with Crippen molar-refractivity contribution >= 4 is 0 Å². The van der Waals surface area contributed by atoms with Gasteiger partial charge in [-0.3, -0.25) is 4.98 Å². The second-order valence-electron chi connectivity index (χ2n) is 4.04. The molecule has 1 heterocycles. The number of hydrogen-bond donors (Lipinski definition) is 1. The lowest BCUT2D eigenvalue weighted by Gasteiger charge is -2.15. The summed E-state index contributed by atoms with van der Waals surface area (Å²) in [5.74, 6) is 0.622. The molecule has 0 fully saturated rings. The first-order valence-electron chi connectivity index (χ1n) is 5.50. The molecule has 1 rings (SSSR count). The summed E-state index contributed by atoms with van der Waals surface area (Å²) in [6.45, 7) is 4.28. The van der Waals surface area contributed by atoms with Crippen LogP contribution in [-0.2, 0) is 0 Å². The summed E-state index contributed by atoms with van der Waals surface area (Å²) >= 11 is 0. The zero-order chi connectivity index (χ0) is 11.1. The Hall–Kier alpha value is -1.15. The number of hydrogen-bond acceptors (Lipinski definition) is 2. The average Bonchev–Trinajstić information content (AvgIpc) is 2.27. The first-order chi connectivity index (χ1) is 7.24. The van der Waals surface area contributed by atoms with Gasteiger partial charge in [0.1, 0.15) is 0 Å². The number of rotatable bonds is 5. The van der Waals surface area contributed by atoms with E-state index in [9.17, 15) is 0 Å². The van der Waals surface area contributed by atoms with Crippen LogP contribution in [0.25, 0.3) is 0 Å². The van der Waals surface area contributed by atoms with Gasteiger partial charge in [-0.05, 0) is 37.3 Å². The second-order valence-corrected chi connectivity index (χ2v) is 4.04. The molecule has 0 saturated carbocycles. The van der Waals surface area contributed by atoms with Crippen molar-refractivity contribution in [2.45, 2.75) is 32.7 Å². The van der Waals surface area contributed by atoms with Crippen LogP contribution in [0.1, 0.15) is 38.3 Å². The highest BCUT2D eigenvalue weighted by Crippen LogP contribution is 2.20. The topological polar surface area (TPSA) is 38.9 Å². The minimum Gasteiger partial charge on any atom is -0.324 e. The summed E-state index contributed by atoms with van der Waals surface area (Å²) in [5, 5.41) is 0. The highest BCUT2D eigenvalue weighted by atomic mass is 14.7. The monoisotopic (exact) mass is 204 g/mol. The molecule has 0 aliphatic heterocycles. The molecule has 0 amide bonds. The van der Waals surface area contributed by atoms with Gasteiger partial charge in [0.15, 0.2) is 0 Å². The number of pyridine rings is 1. The van der Waals surface area contributed by atoms with E-state index in [-0.39, 0.29) is 6.04 Å². The van der Waals surface area contributed by atoms with Gasteiger partial charge in [-0.15, -0.1) is 0 Å². The standard InChI is InChI=1S/C13H20N2/c1-3-4-6-11(2)9-13(14)12-7-5-8-15-10-12/h3-5,7-8,10-11,13H,6,9,14H2,1-2H3/b4-3-. The maximum Gasteiger partial charge on any atom is 0.0315 e. The molecule has 0 aliphatic carbocycles. The summed E-state index contributed by atoms with van der Waals surface area (Å²) in [6.07, 6.45) is 10.0. The summed E-state index contributed by atoms with van der Waals surface area (Å²) in [5.41, 5.74) is 7.23. The fourth-order valence-corrected chi connectivity index (χ4v) is 1.63. The molecule has 2 nitrogen and oxygen atoms in total. The molecular weight excluding hydrogens is 184 g/mol. The Kier molecular flexibility index (Phi) is 5.05. The van der Waals surface area contributed by atoms with Crippen LogP contribution in [0.2, 0.25) is 0 Å². The van der Waals surface area contributed by atoms with Crippen LogP contribution in [-0.4, -0.2) is 4.98 Å². The molecule has 0 radical (unpaired) electrons. The Labute approximate surface area is 92.2 Å². The number of aromatic nitrogens is 1. The van der Waals surface area contributed by atoms with Crippen molar-refractivity contribution in [2.24, 2.45) is 11.7 Å². The first kappa shape index (κ1) is 11.9. The van der Waals surface area contributed by atoms with Crippen LogP contribution in [0.5, 0.6) is 0 Å². The fourth-order valence-electron chi connectivity index (χ4n) is 1.63. The lowest BCUT2D eigenvalue weighted by atomic mass is 9.95. The summed E-state index contributed by atoms with van der Waals surface area (Å²) in [6, 6.07) is 4.09. The predicted octanol–water partition coefficient (Wildman–Crippen LogP) is 3.07.